The molecule has 1 aromatic carbocycles. The highest BCUT2D eigenvalue weighted by Crippen LogP contribution is 2.36. The molecule has 0 saturated heterocycles. The molecule has 0 bridgehead atoms. The number of aliphatic hydroxyl groups is 1. The van der Waals surface area contributed by atoms with Crippen molar-refractivity contribution in [1.82, 2.24) is 9.97 Å². The third-order valence-corrected chi connectivity index (χ3v) is 6.18. The quantitative estimate of drug-likeness (QED) is 0.586. The molecule has 4 N–H and O–H groups in total. The smallest absolute Gasteiger partial charge is 0.275 e. The molecule has 2 heterocycles. The van der Waals surface area contributed by atoms with Crippen LogP contribution in [-0.4, -0.2) is 33.1 Å². The van der Waals surface area contributed by atoms with Gasteiger partial charge in [0.2, 0.25) is 0 Å². The van der Waals surface area contributed by atoms with Gasteiger partial charge in [-0.25, -0.2) is 13.8 Å². The number of nitrogens with two attached hydrogens (primary N) is 1. The molecule has 0 radical (unpaired) electrons. The van der Waals surface area contributed by atoms with Crippen LogP contribution in [0.4, 0.5) is 14.5 Å². The number of hydrogen-bond acceptors (Lipinski definition) is 6. The highest BCUT2D eigenvalue weighted by atomic mass is 32.1. The minimum absolute atomic E-state index is 0.0585. The highest BCUT2D eigenvalue weighted by molar-refractivity contribution is 7.13. The SMILES string of the molecule is N[C@@H]1C[C@H](c2ccncc2NC(=O)c2csc(-c3c(F)cccc3F)n2)CC[C@@H]1O. The third-order valence-electron chi connectivity index (χ3n) is 5.32. The summed E-state index contributed by atoms with van der Waals surface area (Å²) in [6, 6.07) is 5.07. The molecule has 4 rings (SSSR count). The van der Waals surface area contributed by atoms with Gasteiger partial charge in [-0.1, -0.05) is 6.07 Å². The molecular formula is C21H20F2N4O2S. The first-order chi connectivity index (χ1) is 14.4. The van der Waals surface area contributed by atoms with Crippen molar-refractivity contribution in [3.05, 3.63) is 64.9 Å². The fourth-order valence-corrected chi connectivity index (χ4v) is 4.57. The van der Waals surface area contributed by atoms with E-state index in [0.29, 0.717) is 18.5 Å². The Bertz CT molecular complexity index is 1050. The number of hydrogen-bond donors (Lipinski definition) is 3. The molecule has 3 atom stereocenters. The number of thiazole rings is 1. The lowest BCUT2D eigenvalue weighted by atomic mass is 9.80. The molecule has 3 aromatic rings. The summed E-state index contributed by atoms with van der Waals surface area (Å²) >= 11 is 0.991. The Morgan fingerprint density at radius 2 is 2.00 bits per heavy atom. The molecule has 0 aliphatic heterocycles. The Hall–Kier alpha value is -2.75. The summed E-state index contributed by atoms with van der Waals surface area (Å²) in [5.41, 5.74) is 7.23. The first-order valence-electron chi connectivity index (χ1n) is 9.53. The molecule has 1 aliphatic rings. The number of anilines is 1. The van der Waals surface area contributed by atoms with Gasteiger partial charge in [-0.3, -0.25) is 9.78 Å². The van der Waals surface area contributed by atoms with Gasteiger partial charge in [0.25, 0.3) is 5.91 Å². The molecule has 156 valence electrons. The lowest BCUT2D eigenvalue weighted by Gasteiger charge is -2.32. The number of aromatic nitrogens is 2. The summed E-state index contributed by atoms with van der Waals surface area (Å²) in [4.78, 5) is 20.9. The van der Waals surface area contributed by atoms with Gasteiger partial charge in [0.15, 0.2) is 0 Å². The van der Waals surface area contributed by atoms with Gasteiger partial charge in [0.1, 0.15) is 22.3 Å². The van der Waals surface area contributed by atoms with E-state index in [1.54, 1.807) is 12.4 Å². The Morgan fingerprint density at radius 1 is 1.23 bits per heavy atom. The van der Waals surface area contributed by atoms with Crippen LogP contribution < -0.4 is 11.1 Å². The van der Waals surface area contributed by atoms with Crippen LogP contribution in [0.5, 0.6) is 0 Å². The Kier molecular flexibility index (Phi) is 5.85. The van der Waals surface area contributed by atoms with Crippen molar-refractivity contribution in [3.8, 4) is 10.6 Å². The Morgan fingerprint density at radius 3 is 2.73 bits per heavy atom. The average molecular weight is 430 g/mol. The first kappa shape index (κ1) is 20.5. The summed E-state index contributed by atoms with van der Waals surface area (Å²) in [7, 11) is 0. The molecular weight excluding hydrogens is 410 g/mol. The van der Waals surface area contributed by atoms with Gasteiger partial charge >= 0.3 is 0 Å². The second kappa shape index (κ2) is 8.55. The molecule has 30 heavy (non-hydrogen) atoms. The summed E-state index contributed by atoms with van der Waals surface area (Å²) in [6.07, 6.45) is 4.60. The molecule has 0 spiro atoms. The van der Waals surface area contributed by atoms with Crippen molar-refractivity contribution in [2.45, 2.75) is 37.3 Å². The number of aliphatic hydroxyl groups excluding tert-OH is 1. The minimum Gasteiger partial charge on any atom is -0.392 e. The summed E-state index contributed by atoms with van der Waals surface area (Å²) in [5.74, 6) is -1.88. The fourth-order valence-electron chi connectivity index (χ4n) is 3.72. The standard InChI is InChI=1S/C21H20F2N4O2S/c22-13-2-1-3-14(23)19(13)21-27-17(10-30-21)20(29)26-16-9-25-7-6-12(16)11-4-5-18(28)15(24)8-11/h1-3,6-7,9-11,15,18,28H,4-5,8,24H2,(H,26,29)/t11-,15-,18+/m1/s1. The van der Waals surface area contributed by atoms with Gasteiger partial charge in [-0.05, 0) is 48.9 Å². The van der Waals surface area contributed by atoms with Crippen molar-refractivity contribution >= 4 is 22.9 Å². The van der Waals surface area contributed by atoms with Crippen LogP contribution in [0.15, 0.2) is 42.0 Å². The number of nitrogens with zero attached hydrogens (tertiary/aromatic N) is 2. The monoisotopic (exact) mass is 430 g/mol. The van der Waals surface area contributed by atoms with Gasteiger partial charge in [0.05, 0.1) is 23.6 Å². The van der Waals surface area contributed by atoms with E-state index in [0.717, 1.165) is 35.5 Å². The number of nitrogens with one attached hydrogen (secondary N) is 1. The molecule has 2 aromatic heterocycles. The van der Waals surface area contributed by atoms with Crippen molar-refractivity contribution in [2.24, 2.45) is 5.73 Å². The van der Waals surface area contributed by atoms with Gasteiger partial charge < -0.3 is 16.2 Å². The van der Waals surface area contributed by atoms with Crippen LogP contribution in [0.2, 0.25) is 0 Å². The van der Waals surface area contributed by atoms with Crippen LogP contribution in [0.1, 0.15) is 41.2 Å². The number of pyridine rings is 1. The number of carbonyl (C=O) groups excluding carboxylic acids is 1. The number of rotatable bonds is 4. The van der Waals surface area contributed by atoms with Crippen LogP contribution in [0, 0.1) is 11.6 Å². The maximum atomic E-state index is 14.0. The maximum absolute atomic E-state index is 14.0. The van der Waals surface area contributed by atoms with E-state index >= 15 is 0 Å². The fraction of sp³-hybridized carbons (Fsp3) is 0.286. The normalized spacial score (nSPS) is 21.4. The van der Waals surface area contributed by atoms with Crippen molar-refractivity contribution in [3.63, 3.8) is 0 Å². The minimum atomic E-state index is -0.735. The summed E-state index contributed by atoms with van der Waals surface area (Å²) < 4.78 is 28.0. The van der Waals surface area contributed by atoms with Crippen molar-refractivity contribution < 1.29 is 18.7 Å². The molecule has 1 amide bonds. The highest BCUT2D eigenvalue weighted by Gasteiger charge is 2.29. The zero-order chi connectivity index (χ0) is 21.3. The topological polar surface area (TPSA) is 101 Å². The second-order valence-corrected chi connectivity index (χ2v) is 8.15. The Labute approximate surface area is 175 Å². The van der Waals surface area contributed by atoms with E-state index in [9.17, 15) is 18.7 Å². The number of carbonyl (C=O) groups is 1. The molecule has 0 unspecified atom stereocenters. The largest absolute Gasteiger partial charge is 0.392 e. The van der Waals surface area contributed by atoms with Gasteiger partial charge in [-0.15, -0.1) is 11.3 Å². The second-order valence-electron chi connectivity index (χ2n) is 7.29. The van der Waals surface area contributed by atoms with Crippen molar-refractivity contribution in [2.75, 3.05) is 5.32 Å². The number of amides is 1. The van der Waals surface area contributed by atoms with Gasteiger partial charge in [-0.2, -0.15) is 0 Å². The predicted octanol–water partition coefficient (Wildman–Crippen LogP) is 3.69. The molecule has 1 saturated carbocycles. The lowest BCUT2D eigenvalue weighted by Crippen LogP contribution is -2.39. The molecule has 1 aliphatic carbocycles. The number of halogens is 2. The van der Waals surface area contributed by atoms with E-state index < -0.39 is 23.6 Å². The van der Waals surface area contributed by atoms with Gasteiger partial charge in [0, 0.05) is 17.6 Å². The summed E-state index contributed by atoms with van der Waals surface area (Å²) in [6.45, 7) is 0. The Balaban J connectivity index is 1.55. The zero-order valence-corrected chi connectivity index (χ0v) is 16.7. The van der Waals surface area contributed by atoms with Crippen molar-refractivity contribution in [1.29, 1.82) is 0 Å². The average Bonchev–Trinajstić information content (AvgIpc) is 3.20. The number of benzene rings is 1. The third kappa shape index (κ3) is 4.09. The zero-order valence-electron chi connectivity index (χ0n) is 15.9. The molecule has 6 nitrogen and oxygen atoms in total. The van der Waals surface area contributed by atoms with Crippen LogP contribution in [0.3, 0.4) is 0 Å². The van der Waals surface area contributed by atoms with E-state index in [1.165, 1.54) is 11.4 Å². The molecule has 1 fully saturated rings. The molecule has 9 heteroatoms. The first-order valence-corrected chi connectivity index (χ1v) is 10.4. The maximum Gasteiger partial charge on any atom is 0.275 e. The van der Waals surface area contributed by atoms with E-state index in [-0.39, 0.29) is 28.2 Å². The van der Waals surface area contributed by atoms with Crippen LogP contribution in [0.25, 0.3) is 10.6 Å². The predicted molar refractivity (Wildman–Crippen MR) is 110 cm³/mol. The summed E-state index contributed by atoms with van der Waals surface area (Å²) in [5, 5.41) is 14.2. The van der Waals surface area contributed by atoms with E-state index in [1.807, 2.05) is 6.07 Å². The van der Waals surface area contributed by atoms with Crippen LogP contribution in [-0.2, 0) is 0 Å². The van der Waals surface area contributed by atoms with E-state index in [4.69, 9.17) is 5.73 Å². The van der Waals surface area contributed by atoms with E-state index in [2.05, 4.69) is 15.3 Å². The van der Waals surface area contributed by atoms with Crippen LogP contribution >= 0.6 is 11.3 Å². The lowest BCUT2D eigenvalue weighted by molar-refractivity contribution is 0.0998.